The lowest BCUT2D eigenvalue weighted by Gasteiger charge is -2.56. The number of aliphatic hydroxyl groups is 6. The molecule has 1 heterocycles. The zero-order valence-electron chi connectivity index (χ0n) is 46.0. The molecule has 82 heavy (non-hydrogen) atoms. The predicted molar refractivity (Wildman–Crippen MR) is 300 cm³/mol. The molecule has 14 N–H and O–H groups in total. The van der Waals surface area contributed by atoms with Crippen LogP contribution in [0.3, 0.4) is 0 Å². The van der Waals surface area contributed by atoms with Crippen molar-refractivity contribution in [3.63, 3.8) is 0 Å². The van der Waals surface area contributed by atoms with Crippen molar-refractivity contribution in [2.45, 2.75) is 139 Å². The van der Waals surface area contributed by atoms with Gasteiger partial charge in [0.15, 0.2) is 29.9 Å². The van der Waals surface area contributed by atoms with E-state index in [0.717, 1.165) is 43.7 Å². The summed E-state index contributed by atoms with van der Waals surface area (Å²) in [5, 5.41) is 86.6. The van der Waals surface area contributed by atoms with Gasteiger partial charge in [-0.05, 0) is 141 Å². The first-order valence-corrected chi connectivity index (χ1v) is 28.0. The van der Waals surface area contributed by atoms with Crippen LogP contribution < -0.4 is 32.0 Å². The Balaban J connectivity index is 1.25. The van der Waals surface area contributed by atoms with Crippen LogP contribution in [0.5, 0.6) is 17.2 Å². The predicted octanol–water partition coefficient (Wildman–Crippen LogP) is 2.88. The Labute approximate surface area is 474 Å². The molecule has 3 fully saturated rings. The van der Waals surface area contributed by atoms with E-state index in [-0.39, 0.29) is 112 Å². The van der Waals surface area contributed by atoms with Crippen molar-refractivity contribution in [3.8, 4) is 29.1 Å². The lowest BCUT2D eigenvalue weighted by Crippen LogP contribution is -2.67. The summed E-state index contributed by atoms with van der Waals surface area (Å²) in [6.07, 6.45) is -0.648. The van der Waals surface area contributed by atoms with Gasteiger partial charge in [0.25, 0.3) is 0 Å². The number of carbonyl (C=O) groups is 4. The van der Waals surface area contributed by atoms with Crippen LogP contribution in [0, 0.1) is 29.6 Å². The Bertz CT molecular complexity index is 3340. The van der Waals surface area contributed by atoms with Gasteiger partial charge < -0.3 is 77.2 Å². The number of nitrogens with one attached hydrogen (secondary N) is 1. The highest BCUT2D eigenvalue weighted by molar-refractivity contribution is 6.32. The van der Waals surface area contributed by atoms with Gasteiger partial charge in [-0.2, -0.15) is 0 Å². The lowest BCUT2D eigenvalue weighted by atomic mass is 9.51. The molecule has 20 nitrogen and oxygen atoms in total. The third kappa shape index (κ3) is 10.8. The number of benzene rings is 4. The van der Waals surface area contributed by atoms with Crippen LogP contribution in [-0.4, -0.2) is 135 Å². The second kappa shape index (κ2) is 23.4. The molecule has 10 rings (SSSR count). The molecule has 0 amide bonds. The van der Waals surface area contributed by atoms with E-state index in [1.54, 1.807) is 24.3 Å². The lowest BCUT2D eigenvalue weighted by molar-refractivity contribution is -0.378. The van der Waals surface area contributed by atoms with Gasteiger partial charge in [-0.3, -0.25) is 24.2 Å². The standard InChI is InChI=1S/C62H71N5O15/c1-30-57(75)62(77,78)58(79-19-18-67-60(64)65)59(80-30)82-56-43-9-5-8-39(63)14-15-40(71)22-33-7-4-6-32(20-33)10-16-42-47(81-31(2)70)25-38(28-68)48-49(42)55(74)50(43)51(54(48)73)53(72)44(56)23-35-13-17-41-36-11-12-37-21-34(27-66-3)26-61(76,46(37)24-36)52(41)45(35)29-69/h4,6-7,10,13,16-17,20,25,29-30,34,36-37,39-40,46,57-59,66,68,71-72,75-78H,9,11-12,14-15,18-19,21-24,26-28,63H2,1-3H3,(H4,64,65,67)/b16-10+/t30-,34+,36+,37+,39-,40+,46+,57+,58-,59+,61+/m0/s1. The molecule has 4 aromatic carbocycles. The number of fused-ring (bicyclic) bond motifs is 6. The van der Waals surface area contributed by atoms with E-state index in [4.69, 9.17) is 36.1 Å². The maximum Gasteiger partial charge on any atom is 0.308 e. The summed E-state index contributed by atoms with van der Waals surface area (Å²) < 4.78 is 24.7. The zero-order valence-corrected chi connectivity index (χ0v) is 46.0. The molecule has 6 aliphatic rings. The number of rotatable bonds is 13. The van der Waals surface area contributed by atoms with Crippen LogP contribution in [-0.2, 0) is 45.7 Å². The quantitative estimate of drug-likeness (QED) is 0.0118. The van der Waals surface area contributed by atoms with Gasteiger partial charge in [0.1, 0.15) is 23.4 Å². The first-order chi connectivity index (χ1) is 39.2. The largest absolute Gasteiger partial charge is 0.507 e. The highest BCUT2D eigenvalue weighted by atomic mass is 16.7. The third-order valence-corrected chi connectivity index (χ3v) is 17.5. The van der Waals surface area contributed by atoms with Gasteiger partial charge in [0.05, 0.1) is 49.2 Å². The number of aromatic hydroxyl groups is 1. The van der Waals surface area contributed by atoms with Gasteiger partial charge >= 0.3 is 5.97 Å². The number of hydrogen-bond acceptors (Lipinski definition) is 18. The Morgan fingerprint density at radius 2 is 1.76 bits per heavy atom. The summed E-state index contributed by atoms with van der Waals surface area (Å²) in [7, 11) is 1.86. The Morgan fingerprint density at radius 1 is 0.976 bits per heavy atom. The van der Waals surface area contributed by atoms with Crippen LogP contribution in [0.1, 0.15) is 157 Å². The summed E-state index contributed by atoms with van der Waals surface area (Å²) in [6.45, 7) is 1.72. The zero-order chi connectivity index (χ0) is 58.5. The monoisotopic (exact) mass is 1130 g/mol. The SMILES string of the molecule is CNC[C@@H]1C[C@H]2CC[C@@H]3C[C@H]2[C@](O)(C1)c1c3ccc(Cc2c(O)c3c4c(c2O[C@H]2O[C@@H](C)[C@@H](O)C(O)(O)[C@H]2OCCN=C(N)N)CC#C[C@H](N)CC[C@@H](O)Cc2cccc(c2)/C=C/c2c(OC(C)=O)cc(CO)c(c2C4=O)C3=O)c1C=O. The Hall–Kier alpha value is -6.87. The molecule has 1 saturated heterocycles. The Kier molecular flexibility index (Phi) is 16.7. The summed E-state index contributed by atoms with van der Waals surface area (Å²) >= 11 is 0. The number of guanidine groups is 1. The highest BCUT2D eigenvalue weighted by Crippen LogP contribution is 2.61. The van der Waals surface area contributed by atoms with Crippen LogP contribution >= 0.6 is 0 Å². The number of aldehydes is 1. The van der Waals surface area contributed by atoms with Crippen molar-refractivity contribution in [2.75, 3.05) is 26.7 Å². The van der Waals surface area contributed by atoms with Crippen LogP contribution in [0.25, 0.3) is 12.2 Å². The molecule has 0 unspecified atom stereocenters. The molecular weight excluding hydrogens is 1050 g/mol. The second-order valence-corrected chi connectivity index (χ2v) is 22.8. The van der Waals surface area contributed by atoms with Crippen LogP contribution in [0.15, 0.2) is 47.5 Å². The normalized spacial score (nSPS) is 28.3. The smallest absolute Gasteiger partial charge is 0.308 e. The van der Waals surface area contributed by atoms with E-state index < -0.39 is 102 Å². The van der Waals surface area contributed by atoms with Crippen LogP contribution in [0.2, 0.25) is 0 Å². The molecule has 0 spiro atoms. The van der Waals surface area contributed by atoms with Crippen molar-refractivity contribution in [1.29, 1.82) is 0 Å². The van der Waals surface area contributed by atoms with Gasteiger partial charge in [-0.15, -0.1) is 0 Å². The van der Waals surface area contributed by atoms with E-state index in [9.17, 15) is 45.3 Å². The molecule has 20 heteroatoms. The molecule has 0 radical (unpaired) electrons. The third-order valence-electron chi connectivity index (χ3n) is 17.5. The minimum Gasteiger partial charge on any atom is -0.507 e. The molecule has 4 aromatic rings. The summed E-state index contributed by atoms with van der Waals surface area (Å²) in [6, 6.07) is 11.3. The topological polar surface area (TPSA) is 349 Å². The van der Waals surface area contributed by atoms with Crippen molar-refractivity contribution in [1.82, 2.24) is 5.32 Å². The number of nitrogens with two attached hydrogens (primary N) is 3. The Morgan fingerprint density at radius 3 is 2.49 bits per heavy atom. The molecule has 11 atom stereocenters. The average molecular weight is 1130 g/mol. The van der Waals surface area contributed by atoms with E-state index in [0.29, 0.717) is 35.9 Å². The molecule has 434 valence electrons. The van der Waals surface area contributed by atoms with E-state index >= 15 is 9.59 Å². The second-order valence-electron chi connectivity index (χ2n) is 22.8. The van der Waals surface area contributed by atoms with Crippen molar-refractivity contribution in [3.05, 3.63) is 120 Å². The molecule has 0 aromatic heterocycles. The van der Waals surface area contributed by atoms with Crippen LogP contribution in [0.4, 0.5) is 0 Å². The average Bonchev–Trinajstić information content (AvgIpc) is 3.62. The summed E-state index contributed by atoms with van der Waals surface area (Å²) in [4.78, 5) is 62.6. The minimum atomic E-state index is -3.12. The fourth-order valence-corrected chi connectivity index (χ4v) is 13.9. The van der Waals surface area contributed by atoms with Gasteiger partial charge in [-0.1, -0.05) is 54.3 Å². The van der Waals surface area contributed by atoms with Gasteiger partial charge in [0, 0.05) is 58.7 Å². The van der Waals surface area contributed by atoms with E-state index in [1.165, 1.54) is 19.1 Å². The first-order valence-electron chi connectivity index (χ1n) is 28.0. The van der Waals surface area contributed by atoms with Crippen molar-refractivity contribution in [2.24, 2.45) is 39.9 Å². The van der Waals surface area contributed by atoms with Crippen molar-refractivity contribution < 1.29 is 73.9 Å². The molecular formula is C62H71N5O15. The number of nitrogens with zero attached hydrogens (tertiary/aromatic N) is 1. The maximum absolute atomic E-state index is 16.1. The minimum absolute atomic E-state index is 0.0460. The number of ether oxygens (including phenoxy) is 4. The molecule has 1 aliphatic heterocycles. The fraction of sp³-hybridized carbons (Fsp3) is 0.468. The first kappa shape index (κ1) is 58.3. The highest BCUT2D eigenvalue weighted by Gasteiger charge is 2.58. The number of phenols is 1. The number of aliphatic hydroxyl groups excluding tert-OH is 3. The number of esters is 1. The molecule has 2 saturated carbocycles. The number of ketones is 2. The summed E-state index contributed by atoms with van der Waals surface area (Å²) in [5.41, 5.74) is 17.4. The maximum atomic E-state index is 16.1. The fourth-order valence-electron chi connectivity index (χ4n) is 13.9. The number of hydrogen-bond donors (Lipinski definition) is 11. The summed E-state index contributed by atoms with van der Waals surface area (Å²) in [5.74, 6) is -1.14. The number of carbonyl (C=O) groups excluding carboxylic acids is 4. The molecule has 6 bridgehead atoms. The van der Waals surface area contributed by atoms with E-state index in [2.05, 4.69) is 22.2 Å². The van der Waals surface area contributed by atoms with Gasteiger partial charge in [0.2, 0.25) is 12.1 Å². The number of phenolic OH excluding ortho intramolecular Hbond substituents is 1. The number of aliphatic imine (C=N–C) groups is 1. The molecule has 5 aliphatic carbocycles. The van der Waals surface area contributed by atoms with Gasteiger partial charge in [-0.25, -0.2) is 0 Å². The van der Waals surface area contributed by atoms with E-state index in [1.807, 2.05) is 25.2 Å². The van der Waals surface area contributed by atoms with Crippen molar-refractivity contribution >= 4 is 41.9 Å².